The minimum Gasteiger partial charge on any atom is -0.399 e. The van der Waals surface area contributed by atoms with E-state index < -0.39 is 5.41 Å². The summed E-state index contributed by atoms with van der Waals surface area (Å²) < 4.78 is 0.747. The Balaban J connectivity index is 2.24. The van der Waals surface area contributed by atoms with Crippen LogP contribution in [0.5, 0.6) is 0 Å². The summed E-state index contributed by atoms with van der Waals surface area (Å²) in [5.41, 5.74) is 7.28. The van der Waals surface area contributed by atoms with Gasteiger partial charge in [-0.1, -0.05) is 23.7 Å². The molecular weight excluding hydrogens is 352 g/mol. The minimum atomic E-state index is -0.674. The van der Waals surface area contributed by atoms with Gasteiger partial charge in [0.05, 0.1) is 11.1 Å². The van der Waals surface area contributed by atoms with E-state index in [1.54, 1.807) is 30.3 Å². The van der Waals surface area contributed by atoms with E-state index in [1.165, 1.54) is 0 Å². The first-order valence-electron chi connectivity index (χ1n) is 6.43. The highest BCUT2D eigenvalue weighted by atomic mass is 79.9. The highest BCUT2D eigenvalue weighted by molar-refractivity contribution is 9.10. The van der Waals surface area contributed by atoms with Crippen LogP contribution < -0.4 is 11.1 Å². The molecule has 0 heterocycles. The lowest BCUT2D eigenvalue weighted by Gasteiger charge is -2.24. The minimum absolute atomic E-state index is 0.102. The molecule has 2 aromatic rings. The molecule has 5 heteroatoms. The maximum atomic E-state index is 12.6. The number of carbonyl (C=O) groups is 1. The topological polar surface area (TPSA) is 55.1 Å². The molecular formula is C16H16BrClN2O. The molecule has 2 aromatic carbocycles. The van der Waals surface area contributed by atoms with Crippen LogP contribution in [-0.2, 0) is 10.2 Å². The molecule has 0 spiro atoms. The van der Waals surface area contributed by atoms with Gasteiger partial charge in [-0.15, -0.1) is 0 Å². The number of hydrogen-bond donors (Lipinski definition) is 2. The van der Waals surface area contributed by atoms with Crippen molar-refractivity contribution in [3.05, 3.63) is 57.5 Å². The van der Waals surface area contributed by atoms with Gasteiger partial charge in [0.1, 0.15) is 0 Å². The number of nitrogens with one attached hydrogen (secondary N) is 1. The summed E-state index contributed by atoms with van der Waals surface area (Å²) in [7, 11) is 0. The molecule has 0 fully saturated rings. The number of amides is 1. The Kier molecular flexibility index (Phi) is 4.59. The zero-order valence-corrected chi connectivity index (χ0v) is 14.1. The Bertz CT molecular complexity index is 668. The molecule has 110 valence electrons. The molecule has 21 heavy (non-hydrogen) atoms. The molecule has 0 atom stereocenters. The van der Waals surface area contributed by atoms with Gasteiger partial charge in [0.15, 0.2) is 0 Å². The molecule has 0 bridgehead atoms. The molecule has 2 rings (SSSR count). The zero-order valence-electron chi connectivity index (χ0n) is 11.8. The molecule has 0 unspecified atom stereocenters. The summed E-state index contributed by atoms with van der Waals surface area (Å²) in [6.45, 7) is 3.75. The van der Waals surface area contributed by atoms with Gasteiger partial charge in [-0.2, -0.15) is 0 Å². The average Bonchev–Trinajstić information content (AvgIpc) is 2.42. The lowest BCUT2D eigenvalue weighted by atomic mass is 9.83. The predicted octanol–water partition coefficient (Wildman–Crippen LogP) is 4.60. The Morgan fingerprint density at radius 1 is 1.19 bits per heavy atom. The van der Waals surface area contributed by atoms with Crippen LogP contribution in [0, 0.1) is 0 Å². The van der Waals surface area contributed by atoms with Crippen molar-refractivity contribution >= 4 is 44.8 Å². The second-order valence-electron chi connectivity index (χ2n) is 5.33. The fraction of sp³-hybridized carbons (Fsp3) is 0.188. The highest BCUT2D eigenvalue weighted by Gasteiger charge is 2.30. The zero-order chi connectivity index (χ0) is 15.6. The van der Waals surface area contributed by atoms with Crippen molar-refractivity contribution in [3.63, 3.8) is 0 Å². The molecule has 1 amide bonds. The van der Waals surface area contributed by atoms with E-state index >= 15 is 0 Å². The molecule has 3 nitrogen and oxygen atoms in total. The van der Waals surface area contributed by atoms with Crippen molar-refractivity contribution in [3.8, 4) is 0 Å². The molecule has 0 aliphatic heterocycles. The number of rotatable bonds is 3. The number of anilines is 2. The quantitative estimate of drug-likeness (QED) is 0.779. The number of carbonyl (C=O) groups excluding carboxylic acids is 1. The number of hydrogen-bond acceptors (Lipinski definition) is 2. The second kappa shape index (κ2) is 6.08. The Morgan fingerprint density at radius 3 is 2.38 bits per heavy atom. The first-order valence-corrected chi connectivity index (χ1v) is 7.60. The monoisotopic (exact) mass is 366 g/mol. The molecule has 3 N–H and O–H groups in total. The van der Waals surface area contributed by atoms with Crippen LogP contribution in [0.15, 0.2) is 46.9 Å². The van der Waals surface area contributed by atoms with E-state index in [9.17, 15) is 4.79 Å². The largest absolute Gasteiger partial charge is 0.399 e. The molecule has 0 saturated carbocycles. The van der Waals surface area contributed by atoms with Gasteiger partial charge in [0.25, 0.3) is 0 Å². The summed E-state index contributed by atoms with van der Waals surface area (Å²) in [5.74, 6) is -0.102. The maximum Gasteiger partial charge on any atom is 0.234 e. The molecule has 0 aromatic heterocycles. The van der Waals surface area contributed by atoms with E-state index in [-0.39, 0.29) is 5.91 Å². The van der Waals surface area contributed by atoms with E-state index in [2.05, 4.69) is 21.2 Å². The van der Waals surface area contributed by atoms with Gasteiger partial charge in [0, 0.05) is 15.2 Å². The van der Waals surface area contributed by atoms with Crippen molar-refractivity contribution in [2.24, 2.45) is 0 Å². The van der Waals surface area contributed by atoms with Gasteiger partial charge < -0.3 is 11.1 Å². The van der Waals surface area contributed by atoms with E-state index in [4.69, 9.17) is 17.3 Å². The molecule has 0 saturated heterocycles. The van der Waals surface area contributed by atoms with Crippen molar-refractivity contribution in [1.29, 1.82) is 0 Å². The third kappa shape index (κ3) is 3.57. The SMILES string of the molecule is CC(C)(C(=O)Nc1ccc(Cl)cc1Br)c1ccc(N)cc1. The summed E-state index contributed by atoms with van der Waals surface area (Å²) in [4.78, 5) is 12.6. The van der Waals surface area contributed by atoms with Gasteiger partial charge in [0.2, 0.25) is 5.91 Å². The van der Waals surface area contributed by atoms with Gasteiger partial charge >= 0.3 is 0 Å². The van der Waals surface area contributed by atoms with E-state index in [1.807, 2.05) is 26.0 Å². The van der Waals surface area contributed by atoms with Crippen molar-refractivity contribution < 1.29 is 4.79 Å². The van der Waals surface area contributed by atoms with Crippen molar-refractivity contribution in [2.45, 2.75) is 19.3 Å². The van der Waals surface area contributed by atoms with Crippen LogP contribution >= 0.6 is 27.5 Å². The first kappa shape index (κ1) is 15.9. The third-order valence-electron chi connectivity index (χ3n) is 3.38. The number of nitrogens with two attached hydrogens (primary N) is 1. The standard InChI is InChI=1S/C16H16BrClN2O/c1-16(2,10-3-6-12(19)7-4-10)15(21)20-14-8-5-11(18)9-13(14)17/h3-9H,19H2,1-2H3,(H,20,21). The summed E-state index contributed by atoms with van der Waals surface area (Å²) in [6.07, 6.45) is 0. The van der Waals surface area contributed by atoms with Crippen LogP contribution in [0.1, 0.15) is 19.4 Å². The first-order chi connectivity index (χ1) is 9.80. The van der Waals surface area contributed by atoms with Gasteiger partial charge in [-0.05, 0) is 65.7 Å². The predicted molar refractivity (Wildman–Crippen MR) is 91.7 cm³/mol. The van der Waals surface area contributed by atoms with Crippen LogP contribution in [-0.4, -0.2) is 5.91 Å². The Hall–Kier alpha value is -1.52. The van der Waals surface area contributed by atoms with Crippen LogP contribution in [0.3, 0.4) is 0 Å². The van der Waals surface area contributed by atoms with Crippen molar-refractivity contribution in [1.82, 2.24) is 0 Å². The van der Waals surface area contributed by atoms with E-state index in [0.717, 1.165) is 10.0 Å². The smallest absolute Gasteiger partial charge is 0.234 e. The van der Waals surface area contributed by atoms with Gasteiger partial charge in [-0.3, -0.25) is 4.79 Å². The van der Waals surface area contributed by atoms with Gasteiger partial charge in [-0.25, -0.2) is 0 Å². The fourth-order valence-electron chi connectivity index (χ4n) is 1.90. The molecule has 0 aliphatic rings. The van der Waals surface area contributed by atoms with Crippen molar-refractivity contribution in [2.75, 3.05) is 11.1 Å². The lowest BCUT2D eigenvalue weighted by Crippen LogP contribution is -2.34. The summed E-state index contributed by atoms with van der Waals surface area (Å²) >= 11 is 9.29. The molecule has 0 aliphatic carbocycles. The third-order valence-corrected chi connectivity index (χ3v) is 4.27. The lowest BCUT2D eigenvalue weighted by molar-refractivity contribution is -0.120. The Morgan fingerprint density at radius 2 is 1.81 bits per heavy atom. The highest BCUT2D eigenvalue weighted by Crippen LogP contribution is 2.30. The summed E-state index contributed by atoms with van der Waals surface area (Å²) in [6, 6.07) is 12.6. The average molecular weight is 368 g/mol. The number of halogens is 2. The molecule has 0 radical (unpaired) electrons. The van der Waals surface area contributed by atoms with E-state index in [0.29, 0.717) is 16.4 Å². The Labute approximate surface area is 137 Å². The normalized spacial score (nSPS) is 11.2. The van der Waals surface area contributed by atoms with Crippen LogP contribution in [0.2, 0.25) is 5.02 Å². The summed E-state index contributed by atoms with van der Waals surface area (Å²) in [5, 5.41) is 3.52. The fourth-order valence-corrected chi connectivity index (χ4v) is 2.68. The number of benzene rings is 2. The second-order valence-corrected chi connectivity index (χ2v) is 6.62. The van der Waals surface area contributed by atoms with Crippen LogP contribution in [0.25, 0.3) is 0 Å². The number of nitrogen functional groups attached to an aromatic ring is 1. The van der Waals surface area contributed by atoms with Crippen LogP contribution in [0.4, 0.5) is 11.4 Å². The maximum absolute atomic E-state index is 12.6.